The standard InChI is InChI=1S/C82H96N4O10/c1-47-30-57-31-51(69(47)36-52-13-9-17-74(89)73(52)46-87)12-8-16-64-55-28-29-84-79(39-55)86-61-24-21-50-19-20-56(80(93)72(50)40-61)35-63(88)45-83-43-48(2)60-34-62(85-44-60)41-76(91)66(25-18-49-10-4-5-11-49)59-33-58(64)32-53-22-26-68(67-15-7-6-14-65(57)67)70-42-77(92)78(96-3)38-54(70)23-27-75(90)82(95)81(94)71(53)37-59/h6-7,9,13-15,17,19-21,24,28,34,38-40,42,44,47-49,51,53,57-59,63-64,66,68-69,71,76,82-89,91-93,95H,4-5,10-11,16,18,23,25,27,29-33,35-37,41,43,45-46H2,1-3H3/t47-,48-,51-,53-,57-,58-,59+,63+,64-,66-,68+,69-,71+,76-,82-/m1/s1. The number of aliphatic hydroxyl groups is 4. The number of allylic oxidation sites excluding steroid dienone is 2. The number of aromatic amines is 1. The van der Waals surface area contributed by atoms with E-state index in [0.29, 0.717) is 80.6 Å². The van der Waals surface area contributed by atoms with Gasteiger partial charge in [0.15, 0.2) is 29.2 Å². The number of aryl methyl sites for hydroxylation is 1. The normalized spacial score (nSPS) is 29.8. The molecule has 0 amide bonds. The minimum absolute atomic E-state index is 0.0210. The molecule has 2 aliphatic heterocycles. The molecule has 14 nitrogen and oxygen atoms in total. The van der Waals surface area contributed by atoms with Crippen molar-refractivity contribution >= 4 is 28.0 Å². The van der Waals surface area contributed by atoms with Crippen LogP contribution in [0.15, 0.2) is 121 Å². The first-order valence-corrected chi connectivity index (χ1v) is 35.6. The third-order valence-corrected chi connectivity index (χ3v) is 23.4. The quantitative estimate of drug-likeness (QED) is 0.0528. The molecule has 13 bridgehead atoms. The summed E-state index contributed by atoms with van der Waals surface area (Å²) in [7, 11) is 1.50. The van der Waals surface area contributed by atoms with Gasteiger partial charge < -0.3 is 61.4 Å². The number of fused-ring (bicyclic) bond motifs is 15. The Labute approximate surface area is 565 Å². The van der Waals surface area contributed by atoms with E-state index in [0.717, 1.165) is 100 Å². The van der Waals surface area contributed by atoms with Gasteiger partial charge in [-0.05, 0) is 197 Å². The topological polar surface area (TPSA) is 237 Å². The SMILES string of the molecule is COc1cc2c(cc1O)[C@H]1C#C[C@@H]3C[C@@H]4C[C@@H](C[C@@H]3C(=O)[C@H](O)C(=O)CC2)[C@@H](CCC2CCCC2)[C@H](O)Cc2cc(c[nH]2)[C@H](C)CNC[C@@H](O)Cc2ccc3ccc(cc3c2O)NC2=CC(=CCN2)[C@H]4CC#C[C@@H]2C[C@@H](C[C@@H](C)[C@H]2Cc2cccc(O)c2CO)c2ccccc21. The van der Waals surface area contributed by atoms with Crippen LogP contribution in [0.25, 0.3) is 10.8 Å². The molecule has 14 heteroatoms. The van der Waals surface area contributed by atoms with Crippen molar-refractivity contribution in [1.29, 1.82) is 0 Å². The third kappa shape index (κ3) is 14.4. The van der Waals surface area contributed by atoms with Gasteiger partial charge in [0.1, 0.15) is 17.3 Å². The number of rotatable bonds is 7. The average Bonchev–Trinajstić information content (AvgIpc) is 1.04. The molecular formula is C82H96N4O10. The van der Waals surface area contributed by atoms with Gasteiger partial charge in [-0.2, -0.15) is 0 Å². The maximum absolute atomic E-state index is 15.9. The lowest BCUT2D eigenvalue weighted by Crippen LogP contribution is -2.40. The number of ketones is 2. The fourth-order valence-electron chi connectivity index (χ4n) is 18.1. The first-order chi connectivity index (χ1) is 46.6. The molecule has 15 atom stereocenters. The molecule has 3 heterocycles. The molecule has 3 saturated carbocycles. The number of phenols is 3. The molecule has 7 aliphatic rings. The highest BCUT2D eigenvalue weighted by Gasteiger charge is 2.46. The zero-order valence-electron chi connectivity index (χ0n) is 55.8. The monoisotopic (exact) mass is 1300 g/mol. The second kappa shape index (κ2) is 29.5. The van der Waals surface area contributed by atoms with Gasteiger partial charge in [0.25, 0.3) is 0 Å². The third-order valence-electron chi connectivity index (χ3n) is 23.4. The van der Waals surface area contributed by atoms with Crippen molar-refractivity contribution in [3.05, 3.63) is 171 Å². The summed E-state index contributed by atoms with van der Waals surface area (Å²) in [5.41, 5.74) is 9.39. The number of carbonyl (C=O) groups is 2. The summed E-state index contributed by atoms with van der Waals surface area (Å²) in [6.07, 6.45) is 13.8. The molecule has 6 aromatic rings. The number of β-amino-alcohol motifs (C(OH)–C–C–N with tert-alkyl or cyclic N) is 1. The Balaban J connectivity index is 1.02. The van der Waals surface area contributed by atoms with E-state index in [9.17, 15) is 40.5 Å². The lowest BCUT2D eigenvalue weighted by molar-refractivity contribution is -0.142. The van der Waals surface area contributed by atoms with Crippen molar-refractivity contribution in [2.24, 2.45) is 59.2 Å². The molecule has 0 unspecified atom stereocenters. The molecule has 5 aromatic carbocycles. The van der Waals surface area contributed by atoms with Crippen LogP contribution in [0.5, 0.6) is 23.0 Å². The van der Waals surface area contributed by atoms with Gasteiger partial charge in [-0.25, -0.2) is 0 Å². The van der Waals surface area contributed by atoms with Crippen molar-refractivity contribution in [3.63, 3.8) is 0 Å². The predicted molar refractivity (Wildman–Crippen MR) is 374 cm³/mol. The molecule has 504 valence electrons. The number of nitrogens with one attached hydrogen (secondary N) is 4. The van der Waals surface area contributed by atoms with Crippen LogP contribution in [-0.2, 0) is 41.9 Å². The minimum Gasteiger partial charge on any atom is -0.508 e. The van der Waals surface area contributed by atoms with E-state index in [2.05, 4.69) is 94.9 Å². The Morgan fingerprint density at radius 1 is 0.719 bits per heavy atom. The zero-order valence-corrected chi connectivity index (χ0v) is 55.8. The van der Waals surface area contributed by atoms with Crippen molar-refractivity contribution in [2.45, 2.75) is 166 Å². The summed E-state index contributed by atoms with van der Waals surface area (Å²) in [6, 6.07) is 29.4. The highest BCUT2D eigenvalue weighted by molar-refractivity contribution is 6.06. The van der Waals surface area contributed by atoms with Crippen LogP contribution in [0.2, 0.25) is 0 Å². The van der Waals surface area contributed by atoms with E-state index in [4.69, 9.17) is 4.74 Å². The largest absolute Gasteiger partial charge is 0.508 e. The molecule has 96 heavy (non-hydrogen) atoms. The van der Waals surface area contributed by atoms with Crippen LogP contribution >= 0.6 is 0 Å². The Hall–Kier alpha value is -7.82. The average molecular weight is 1300 g/mol. The van der Waals surface area contributed by atoms with Gasteiger partial charge >= 0.3 is 0 Å². The summed E-state index contributed by atoms with van der Waals surface area (Å²) in [5.74, 6) is 13.2. The number of aromatic nitrogens is 1. The second-order valence-electron chi connectivity index (χ2n) is 29.4. The van der Waals surface area contributed by atoms with Crippen LogP contribution in [0.3, 0.4) is 0 Å². The Morgan fingerprint density at radius 3 is 2.36 bits per heavy atom. The number of carbonyl (C=O) groups excluding carboxylic acids is 2. The number of Topliss-reactive ketones (excluding diaryl/α,β-unsaturated/α-hetero) is 2. The van der Waals surface area contributed by atoms with Gasteiger partial charge in [-0.3, -0.25) is 9.59 Å². The Morgan fingerprint density at radius 2 is 1.54 bits per heavy atom. The lowest BCUT2D eigenvalue weighted by atomic mass is 9.64. The summed E-state index contributed by atoms with van der Waals surface area (Å²) < 4.78 is 5.74. The number of dihydropyridines is 1. The first-order valence-electron chi connectivity index (χ1n) is 35.6. The zero-order chi connectivity index (χ0) is 66.7. The van der Waals surface area contributed by atoms with E-state index in [1.54, 1.807) is 18.2 Å². The van der Waals surface area contributed by atoms with Crippen molar-refractivity contribution in [2.75, 3.05) is 32.1 Å². The van der Waals surface area contributed by atoms with Crippen LogP contribution in [0, 0.1) is 82.9 Å². The molecule has 11 N–H and O–H groups in total. The smallest absolute Gasteiger partial charge is 0.173 e. The Bertz CT molecular complexity index is 4030. The number of H-pyrrole nitrogens is 1. The fraction of sp³-hybridized carbons (Fsp3) is 0.488. The number of phenolic OH excluding ortho intramolecular Hbond substituents is 2. The van der Waals surface area contributed by atoms with Crippen LogP contribution < -0.4 is 20.7 Å². The van der Waals surface area contributed by atoms with E-state index in [1.807, 2.05) is 54.7 Å². The maximum atomic E-state index is 15.9. The summed E-state index contributed by atoms with van der Waals surface area (Å²) in [4.78, 5) is 34.2. The van der Waals surface area contributed by atoms with Crippen molar-refractivity contribution < 1.29 is 50.1 Å². The molecule has 1 aromatic heterocycles. The van der Waals surface area contributed by atoms with Gasteiger partial charge in [0, 0.05) is 91.6 Å². The molecular weight excluding hydrogens is 1200 g/mol. The lowest BCUT2D eigenvalue weighted by Gasteiger charge is -2.40. The van der Waals surface area contributed by atoms with Crippen molar-refractivity contribution in [1.82, 2.24) is 15.6 Å². The number of ether oxygens (including phenoxy) is 1. The molecule has 13 rings (SSSR count). The number of anilines is 1. The maximum Gasteiger partial charge on any atom is 0.173 e. The molecule has 5 aliphatic carbocycles. The van der Waals surface area contributed by atoms with Crippen molar-refractivity contribution in [3.8, 4) is 46.7 Å². The molecule has 3 fully saturated rings. The number of aliphatic hydroxyl groups excluding tert-OH is 4. The van der Waals surface area contributed by atoms with E-state index in [-0.39, 0.29) is 102 Å². The minimum atomic E-state index is -1.91. The highest BCUT2D eigenvalue weighted by Crippen LogP contribution is 2.51. The van der Waals surface area contributed by atoms with Gasteiger partial charge in [0.2, 0.25) is 0 Å². The number of methoxy groups -OCH3 is 1. The number of benzene rings is 5. The molecule has 0 spiro atoms. The van der Waals surface area contributed by atoms with Crippen LogP contribution in [0.1, 0.15) is 165 Å². The number of hydrogen-bond donors (Lipinski definition) is 11. The van der Waals surface area contributed by atoms with E-state index in [1.165, 1.54) is 20.0 Å². The number of hydrogen-bond acceptors (Lipinski definition) is 13. The predicted octanol–water partition coefficient (Wildman–Crippen LogP) is 12.3. The van der Waals surface area contributed by atoms with Crippen LogP contribution in [-0.4, -0.2) is 97.4 Å². The van der Waals surface area contributed by atoms with Crippen LogP contribution in [0.4, 0.5) is 5.69 Å². The molecule has 0 saturated heterocycles. The number of aromatic hydroxyl groups is 3. The fourth-order valence-corrected chi connectivity index (χ4v) is 18.1. The highest BCUT2D eigenvalue weighted by atomic mass is 16.5. The van der Waals surface area contributed by atoms with E-state index < -0.39 is 47.6 Å². The van der Waals surface area contributed by atoms with Gasteiger partial charge in [0.05, 0.1) is 31.8 Å². The first kappa shape index (κ1) is 66.8. The summed E-state index contributed by atoms with van der Waals surface area (Å²) in [6.45, 7) is 5.55. The Kier molecular flexibility index (Phi) is 20.5. The summed E-state index contributed by atoms with van der Waals surface area (Å²) in [5, 5.41) is 94.9. The second-order valence-corrected chi connectivity index (χ2v) is 29.4. The summed E-state index contributed by atoms with van der Waals surface area (Å²) >= 11 is 0. The van der Waals surface area contributed by atoms with E-state index >= 15 is 4.79 Å². The van der Waals surface area contributed by atoms with Gasteiger partial charge in [-0.1, -0.05) is 124 Å². The van der Waals surface area contributed by atoms with Gasteiger partial charge in [-0.15, -0.1) is 5.92 Å². The molecule has 0 radical (unpaired) electrons.